The number of rotatable bonds is 2. The maximum atomic E-state index is 10.6. The molecule has 0 atom stereocenters. The molecule has 2 rings (SSSR count). The molecule has 0 amide bonds. The Labute approximate surface area is 92.4 Å². The molecule has 0 N–H and O–H groups in total. The van der Waals surface area contributed by atoms with Crippen LogP contribution in [0.1, 0.15) is 12.5 Å². The summed E-state index contributed by atoms with van der Waals surface area (Å²) in [6.07, 6.45) is 3.22. The Morgan fingerprint density at radius 3 is 2.88 bits per heavy atom. The van der Waals surface area contributed by atoms with E-state index in [2.05, 4.69) is 4.98 Å². The predicted molar refractivity (Wildman–Crippen MR) is 62.4 cm³/mol. The zero-order valence-corrected chi connectivity index (χ0v) is 8.75. The zero-order valence-electron chi connectivity index (χ0n) is 8.75. The van der Waals surface area contributed by atoms with Crippen molar-refractivity contribution in [2.45, 2.75) is 6.92 Å². The van der Waals surface area contributed by atoms with Crippen LogP contribution in [0.5, 0.6) is 0 Å². The van der Waals surface area contributed by atoms with Crippen molar-refractivity contribution in [1.29, 1.82) is 0 Å². The Kier molecular flexibility index (Phi) is 2.64. The van der Waals surface area contributed by atoms with Crippen LogP contribution < -0.4 is 0 Å². The monoisotopic (exact) mass is 214 g/mol. The molecule has 0 radical (unpaired) electrons. The second-order valence-electron chi connectivity index (χ2n) is 3.47. The third-order valence-corrected chi connectivity index (χ3v) is 2.32. The lowest BCUT2D eigenvalue weighted by molar-refractivity contribution is -0.422. The van der Waals surface area contributed by atoms with Crippen LogP contribution in [-0.4, -0.2) is 9.91 Å². The molecule has 1 heterocycles. The minimum absolute atomic E-state index is 0.109. The molecule has 0 bridgehead atoms. The van der Waals surface area contributed by atoms with E-state index in [1.165, 1.54) is 13.0 Å². The fourth-order valence-corrected chi connectivity index (χ4v) is 1.52. The van der Waals surface area contributed by atoms with E-state index < -0.39 is 4.92 Å². The number of para-hydroxylation sites is 1. The molecule has 0 saturated carbocycles. The highest BCUT2D eigenvalue weighted by Crippen LogP contribution is 2.18. The average molecular weight is 214 g/mol. The van der Waals surface area contributed by atoms with Gasteiger partial charge in [-0.25, -0.2) is 0 Å². The van der Waals surface area contributed by atoms with Gasteiger partial charge in [-0.1, -0.05) is 24.3 Å². The summed E-state index contributed by atoms with van der Waals surface area (Å²) in [4.78, 5) is 14.4. The van der Waals surface area contributed by atoms with Gasteiger partial charge >= 0.3 is 0 Å². The van der Waals surface area contributed by atoms with Crippen molar-refractivity contribution in [3.05, 3.63) is 57.9 Å². The first-order chi connectivity index (χ1) is 7.68. The molecule has 80 valence electrons. The van der Waals surface area contributed by atoms with Gasteiger partial charge in [0.05, 0.1) is 10.4 Å². The summed E-state index contributed by atoms with van der Waals surface area (Å²) in [5, 5.41) is 11.5. The SMILES string of the molecule is C/C(=C\c1cccc2cccnc12)[N+](=O)[O-]. The number of hydrogen-bond acceptors (Lipinski definition) is 3. The molecule has 0 aliphatic heterocycles. The molecule has 1 aromatic carbocycles. The van der Waals surface area contributed by atoms with Crippen molar-refractivity contribution >= 4 is 17.0 Å². The van der Waals surface area contributed by atoms with Gasteiger partial charge in [-0.05, 0) is 6.07 Å². The van der Waals surface area contributed by atoms with E-state index in [0.717, 1.165) is 16.5 Å². The van der Waals surface area contributed by atoms with Gasteiger partial charge in [0.2, 0.25) is 5.70 Å². The number of fused-ring (bicyclic) bond motifs is 1. The lowest BCUT2D eigenvalue weighted by Crippen LogP contribution is -1.93. The Hall–Kier alpha value is -2.23. The van der Waals surface area contributed by atoms with Crippen LogP contribution in [-0.2, 0) is 0 Å². The molecule has 0 aliphatic rings. The Morgan fingerprint density at radius 1 is 1.38 bits per heavy atom. The van der Waals surface area contributed by atoms with Crippen molar-refractivity contribution in [2.24, 2.45) is 0 Å². The smallest absolute Gasteiger partial charge is 0.243 e. The highest BCUT2D eigenvalue weighted by molar-refractivity contribution is 5.87. The van der Waals surface area contributed by atoms with Gasteiger partial charge in [-0.2, -0.15) is 0 Å². The van der Waals surface area contributed by atoms with Crippen molar-refractivity contribution in [1.82, 2.24) is 4.98 Å². The summed E-state index contributed by atoms with van der Waals surface area (Å²) in [6, 6.07) is 9.39. The summed E-state index contributed by atoms with van der Waals surface area (Å²) in [6.45, 7) is 1.47. The van der Waals surface area contributed by atoms with E-state index in [-0.39, 0.29) is 5.70 Å². The van der Waals surface area contributed by atoms with Crippen molar-refractivity contribution < 1.29 is 4.92 Å². The first-order valence-electron chi connectivity index (χ1n) is 4.85. The van der Waals surface area contributed by atoms with E-state index in [4.69, 9.17) is 0 Å². The number of hydrogen-bond donors (Lipinski definition) is 0. The number of benzene rings is 1. The Morgan fingerprint density at radius 2 is 2.12 bits per heavy atom. The fraction of sp³-hybridized carbons (Fsp3) is 0.0833. The Balaban J connectivity index is 2.61. The maximum Gasteiger partial charge on any atom is 0.243 e. The third kappa shape index (κ3) is 1.91. The molecule has 4 nitrogen and oxygen atoms in total. The van der Waals surface area contributed by atoms with Crippen LogP contribution in [0, 0.1) is 10.1 Å². The minimum atomic E-state index is -0.401. The molecule has 0 fully saturated rings. The van der Waals surface area contributed by atoms with E-state index in [9.17, 15) is 10.1 Å². The molecule has 1 aromatic heterocycles. The van der Waals surface area contributed by atoms with Crippen LogP contribution >= 0.6 is 0 Å². The van der Waals surface area contributed by atoms with E-state index in [0.29, 0.717) is 0 Å². The van der Waals surface area contributed by atoms with Gasteiger partial charge in [0.15, 0.2) is 0 Å². The summed E-state index contributed by atoms with van der Waals surface area (Å²) < 4.78 is 0. The second-order valence-corrected chi connectivity index (χ2v) is 3.47. The quantitative estimate of drug-likeness (QED) is 0.570. The molecular weight excluding hydrogens is 204 g/mol. The van der Waals surface area contributed by atoms with Gasteiger partial charge in [-0.15, -0.1) is 0 Å². The van der Waals surface area contributed by atoms with E-state index in [1.54, 1.807) is 6.20 Å². The molecule has 4 heteroatoms. The predicted octanol–water partition coefficient (Wildman–Crippen LogP) is 2.87. The van der Waals surface area contributed by atoms with Gasteiger partial charge in [0, 0.05) is 30.1 Å². The lowest BCUT2D eigenvalue weighted by atomic mass is 10.1. The minimum Gasteiger partial charge on any atom is -0.259 e. The van der Waals surface area contributed by atoms with Crippen LogP contribution in [0.15, 0.2) is 42.2 Å². The normalized spacial score (nSPS) is 11.7. The maximum absolute atomic E-state index is 10.6. The zero-order chi connectivity index (χ0) is 11.5. The molecule has 0 unspecified atom stereocenters. The van der Waals surface area contributed by atoms with Gasteiger partial charge in [-0.3, -0.25) is 15.1 Å². The van der Waals surface area contributed by atoms with Crippen LogP contribution in [0.2, 0.25) is 0 Å². The van der Waals surface area contributed by atoms with Gasteiger partial charge < -0.3 is 0 Å². The van der Waals surface area contributed by atoms with Crippen LogP contribution in [0.25, 0.3) is 17.0 Å². The second kappa shape index (κ2) is 4.10. The number of aromatic nitrogens is 1. The number of allylic oxidation sites excluding steroid dienone is 1. The molecule has 0 spiro atoms. The summed E-state index contributed by atoms with van der Waals surface area (Å²) in [5.74, 6) is 0. The molecule has 0 saturated heterocycles. The molecular formula is C12H10N2O2. The number of nitrogens with zero attached hydrogens (tertiary/aromatic N) is 2. The first kappa shape index (κ1) is 10.3. The van der Waals surface area contributed by atoms with Gasteiger partial charge in [0.25, 0.3) is 0 Å². The van der Waals surface area contributed by atoms with Crippen LogP contribution in [0.3, 0.4) is 0 Å². The number of pyridine rings is 1. The van der Waals surface area contributed by atoms with Crippen molar-refractivity contribution in [3.8, 4) is 0 Å². The molecule has 0 aliphatic carbocycles. The molecule has 16 heavy (non-hydrogen) atoms. The largest absolute Gasteiger partial charge is 0.259 e. The summed E-state index contributed by atoms with van der Waals surface area (Å²) in [5.41, 5.74) is 1.66. The van der Waals surface area contributed by atoms with Crippen LogP contribution in [0.4, 0.5) is 0 Å². The summed E-state index contributed by atoms with van der Waals surface area (Å²) >= 11 is 0. The Bertz CT molecular complexity index is 571. The van der Waals surface area contributed by atoms with Crippen molar-refractivity contribution in [2.75, 3.05) is 0 Å². The lowest BCUT2D eigenvalue weighted by Gasteiger charge is -2.00. The molecule has 2 aromatic rings. The fourth-order valence-electron chi connectivity index (χ4n) is 1.52. The third-order valence-electron chi connectivity index (χ3n) is 2.32. The highest BCUT2D eigenvalue weighted by Gasteiger charge is 2.05. The first-order valence-corrected chi connectivity index (χ1v) is 4.85. The summed E-state index contributed by atoms with van der Waals surface area (Å²) in [7, 11) is 0. The van der Waals surface area contributed by atoms with Crippen molar-refractivity contribution in [3.63, 3.8) is 0 Å². The topological polar surface area (TPSA) is 56.0 Å². The van der Waals surface area contributed by atoms with Gasteiger partial charge in [0.1, 0.15) is 0 Å². The standard InChI is InChI=1S/C12H10N2O2/c1-9(14(15)16)8-11-5-2-4-10-6-3-7-13-12(10)11/h2-8H,1H3/b9-8+. The highest BCUT2D eigenvalue weighted by atomic mass is 16.6. The van der Waals surface area contributed by atoms with E-state index in [1.807, 2.05) is 30.3 Å². The van der Waals surface area contributed by atoms with E-state index >= 15 is 0 Å². The number of nitro groups is 1. The average Bonchev–Trinajstić information content (AvgIpc) is 2.29.